The highest BCUT2D eigenvalue weighted by Crippen LogP contribution is 2.32. The standard InChI is InChI=1S/C23H26N4O2/c1-15-7-6-8-18(14-15)21-25-22(29-26-21)20-9-4-5-12-27(20)23(28)24-19-11-10-16(2)13-17(19)3/h6-8,10-11,13-14,20H,4-5,9,12H2,1-3H3,(H,24,28). The van der Waals surface area contributed by atoms with E-state index in [0.717, 1.165) is 41.6 Å². The van der Waals surface area contributed by atoms with Crippen molar-refractivity contribution >= 4 is 11.7 Å². The third kappa shape index (κ3) is 4.16. The number of hydrogen-bond acceptors (Lipinski definition) is 4. The Hall–Kier alpha value is -3.15. The Morgan fingerprint density at radius 2 is 1.93 bits per heavy atom. The molecule has 1 aliphatic rings. The molecule has 1 atom stereocenters. The zero-order valence-electron chi connectivity index (χ0n) is 17.1. The molecule has 1 aromatic heterocycles. The number of likely N-dealkylation sites (tertiary alicyclic amines) is 1. The van der Waals surface area contributed by atoms with Crippen LogP contribution in [0.2, 0.25) is 0 Å². The highest BCUT2D eigenvalue weighted by molar-refractivity contribution is 5.90. The summed E-state index contributed by atoms with van der Waals surface area (Å²) in [6.45, 7) is 6.75. The van der Waals surface area contributed by atoms with Crippen LogP contribution in [0.15, 0.2) is 47.0 Å². The van der Waals surface area contributed by atoms with Gasteiger partial charge in [0.25, 0.3) is 0 Å². The largest absolute Gasteiger partial charge is 0.337 e. The molecule has 1 aliphatic heterocycles. The smallest absolute Gasteiger partial charge is 0.322 e. The molecule has 1 N–H and O–H groups in total. The van der Waals surface area contributed by atoms with Crippen LogP contribution in [0, 0.1) is 20.8 Å². The van der Waals surface area contributed by atoms with E-state index in [1.807, 2.05) is 62.1 Å². The Morgan fingerprint density at radius 1 is 1.10 bits per heavy atom. The molecule has 29 heavy (non-hydrogen) atoms. The van der Waals surface area contributed by atoms with Crippen molar-refractivity contribution in [2.45, 2.75) is 46.1 Å². The van der Waals surface area contributed by atoms with Crippen molar-refractivity contribution in [3.63, 3.8) is 0 Å². The third-order valence-electron chi connectivity index (χ3n) is 5.39. The van der Waals surface area contributed by atoms with Crippen LogP contribution in [-0.2, 0) is 0 Å². The van der Waals surface area contributed by atoms with Gasteiger partial charge in [-0.1, -0.05) is 46.6 Å². The fourth-order valence-corrected chi connectivity index (χ4v) is 3.84. The predicted octanol–water partition coefficient (Wildman–Crippen LogP) is 5.42. The molecule has 4 rings (SSSR count). The number of carbonyl (C=O) groups excluding carboxylic acids is 1. The van der Waals surface area contributed by atoms with Gasteiger partial charge in [-0.05, 0) is 57.7 Å². The summed E-state index contributed by atoms with van der Waals surface area (Å²) in [6.07, 6.45) is 2.81. The van der Waals surface area contributed by atoms with Crippen LogP contribution in [0.1, 0.15) is 47.9 Å². The topological polar surface area (TPSA) is 71.3 Å². The number of carbonyl (C=O) groups is 1. The second kappa shape index (κ2) is 8.07. The van der Waals surface area contributed by atoms with E-state index in [-0.39, 0.29) is 12.1 Å². The lowest BCUT2D eigenvalue weighted by Gasteiger charge is -2.33. The SMILES string of the molecule is Cc1cccc(-c2noc(C3CCCCN3C(=O)Nc3ccc(C)cc3C)n2)c1. The quantitative estimate of drug-likeness (QED) is 0.648. The first-order valence-electron chi connectivity index (χ1n) is 10.1. The van der Waals surface area contributed by atoms with Gasteiger partial charge < -0.3 is 14.7 Å². The number of piperidine rings is 1. The van der Waals surface area contributed by atoms with E-state index in [2.05, 4.69) is 21.5 Å². The van der Waals surface area contributed by atoms with Gasteiger partial charge in [-0.15, -0.1) is 0 Å². The number of benzene rings is 2. The summed E-state index contributed by atoms with van der Waals surface area (Å²) >= 11 is 0. The van der Waals surface area contributed by atoms with E-state index >= 15 is 0 Å². The van der Waals surface area contributed by atoms with E-state index in [9.17, 15) is 4.79 Å². The summed E-state index contributed by atoms with van der Waals surface area (Å²) in [4.78, 5) is 19.5. The molecule has 6 heteroatoms. The summed E-state index contributed by atoms with van der Waals surface area (Å²) < 4.78 is 5.59. The maximum Gasteiger partial charge on any atom is 0.322 e. The number of anilines is 1. The van der Waals surface area contributed by atoms with E-state index in [1.165, 1.54) is 5.56 Å². The van der Waals surface area contributed by atoms with E-state index in [4.69, 9.17) is 4.52 Å². The van der Waals surface area contributed by atoms with Crippen LogP contribution in [-0.4, -0.2) is 27.6 Å². The van der Waals surface area contributed by atoms with Crippen molar-refractivity contribution in [3.05, 3.63) is 65.0 Å². The molecule has 150 valence electrons. The van der Waals surface area contributed by atoms with Gasteiger partial charge in [-0.25, -0.2) is 4.79 Å². The van der Waals surface area contributed by atoms with Gasteiger partial charge in [-0.2, -0.15) is 4.98 Å². The van der Waals surface area contributed by atoms with Gasteiger partial charge in [0.05, 0.1) is 0 Å². The second-order valence-electron chi connectivity index (χ2n) is 7.78. The summed E-state index contributed by atoms with van der Waals surface area (Å²) in [6, 6.07) is 13.7. The second-order valence-corrected chi connectivity index (χ2v) is 7.78. The number of rotatable bonds is 3. The van der Waals surface area contributed by atoms with Crippen LogP contribution in [0.5, 0.6) is 0 Å². The minimum Gasteiger partial charge on any atom is -0.337 e. The Bertz CT molecular complexity index is 1030. The van der Waals surface area contributed by atoms with Gasteiger partial charge in [0, 0.05) is 17.8 Å². The molecule has 1 fully saturated rings. The number of hydrogen-bond donors (Lipinski definition) is 1. The number of urea groups is 1. The molecule has 1 unspecified atom stereocenters. The van der Waals surface area contributed by atoms with Crippen molar-refractivity contribution in [2.24, 2.45) is 0 Å². The first kappa shape index (κ1) is 19.2. The molecule has 2 heterocycles. The maximum atomic E-state index is 13.0. The summed E-state index contributed by atoms with van der Waals surface area (Å²) in [5.41, 5.74) is 5.11. The zero-order chi connectivity index (χ0) is 20.4. The predicted molar refractivity (Wildman–Crippen MR) is 113 cm³/mol. The molecule has 1 saturated heterocycles. The van der Waals surface area contributed by atoms with Crippen LogP contribution < -0.4 is 5.32 Å². The Balaban J connectivity index is 1.55. The lowest BCUT2D eigenvalue weighted by molar-refractivity contribution is 0.142. The summed E-state index contributed by atoms with van der Waals surface area (Å²) in [5, 5.41) is 7.21. The molecule has 0 bridgehead atoms. The van der Waals surface area contributed by atoms with Crippen molar-refractivity contribution in [1.29, 1.82) is 0 Å². The van der Waals surface area contributed by atoms with Crippen molar-refractivity contribution in [2.75, 3.05) is 11.9 Å². The number of nitrogens with one attached hydrogen (secondary N) is 1. The third-order valence-corrected chi connectivity index (χ3v) is 5.39. The van der Waals surface area contributed by atoms with Crippen LogP contribution in [0.25, 0.3) is 11.4 Å². The number of amides is 2. The van der Waals surface area contributed by atoms with Gasteiger partial charge in [0.2, 0.25) is 11.7 Å². The zero-order valence-corrected chi connectivity index (χ0v) is 17.1. The highest BCUT2D eigenvalue weighted by Gasteiger charge is 2.32. The molecular weight excluding hydrogens is 364 g/mol. The normalized spacial score (nSPS) is 16.7. The first-order chi connectivity index (χ1) is 14.0. The molecule has 3 aromatic rings. The Labute approximate surface area is 170 Å². The van der Waals surface area contributed by atoms with E-state index < -0.39 is 0 Å². The minimum absolute atomic E-state index is 0.128. The number of nitrogens with zero attached hydrogens (tertiary/aromatic N) is 3. The molecule has 0 saturated carbocycles. The first-order valence-corrected chi connectivity index (χ1v) is 10.1. The Morgan fingerprint density at radius 3 is 2.72 bits per heavy atom. The lowest BCUT2D eigenvalue weighted by Crippen LogP contribution is -2.41. The van der Waals surface area contributed by atoms with Gasteiger partial charge in [-0.3, -0.25) is 0 Å². The van der Waals surface area contributed by atoms with Crippen molar-refractivity contribution in [1.82, 2.24) is 15.0 Å². The molecule has 0 radical (unpaired) electrons. The average Bonchev–Trinajstić information content (AvgIpc) is 3.20. The molecule has 6 nitrogen and oxygen atoms in total. The summed E-state index contributed by atoms with van der Waals surface area (Å²) in [7, 11) is 0. The average molecular weight is 390 g/mol. The van der Waals surface area contributed by atoms with Crippen molar-refractivity contribution in [3.8, 4) is 11.4 Å². The number of aromatic nitrogens is 2. The van der Waals surface area contributed by atoms with Gasteiger partial charge in [0.1, 0.15) is 6.04 Å². The maximum absolute atomic E-state index is 13.0. The van der Waals surface area contributed by atoms with Crippen molar-refractivity contribution < 1.29 is 9.32 Å². The monoisotopic (exact) mass is 390 g/mol. The van der Waals surface area contributed by atoms with E-state index in [1.54, 1.807) is 0 Å². The fraction of sp³-hybridized carbons (Fsp3) is 0.348. The highest BCUT2D eigenvalue weighted by atomic mass is 16.5. The molecular formula is C23H26N4O2. The Kier molecular flexibility index (Phi) is 5.34. The molecule has 0 aliphatic carbocycles. The van der Waals surface area contributed by atoms with E-state index in [0.29, 0.717) is 18.3 Å². The molecule has 0 spiro atoms. The van der Waals surface area contributed by atoms with Crippen LogP contribution >= 0.6 is 0 Å². The number of aryl methyl sites for hydroxylation is 3. The van der Waals surface area contributed by atoms with Crippen LogP contribution in [0.3, 0.4) is 0 Å². The lowest BCUT2D eigenvalue weighted by atomic mass is 10.0. The van der Waals surface area contributed by atoms with Crippen LogP contribution in [0.4, 0.5) is 10.5 Å². The summed E-state index contributed by atoms with van der Waals surface area (Å²) in [5.74, 6) is 1.06. The van der Waals surface area contributed by atoms with Gasteiger partial charge in [0.15, 0.2) is 0 Å². The molecule has 2 amide bonds. The fourth-order valence-electron chi connectivity index (χ4n) is 3.84. The van der Waals surface area contributed by atoms with Gasteiger partial charge >= 0.3 is 6.03 Å². The molecule has 2 aromatic carbocycles. The minimum atomic E-state index is -0.208.